The Morgan fingerprint density at radius 3 is 2.50 bits per heavy atom. The normalized spacial score (nSPS) is 18.6. The van der Waals surface area contributed by atoms with Gasteiger partial charge in [-0.3, -0.25) is 0 Å². The number of carbonyl (C=O) groups excluding carboxylic acids is 1. The number of unbranched alkanes of at least 4 members (excludes halogenated alkanes) is 7. The van der Waals surface area contributed by atoms with E-state index in [1.54, 1.807) is 0 Å². The molecule has 0 aliphatic carbocycles. The summed E-state index contributed by atoms with van der Waals surface area (Å²) in [5.41, 5.74) is 0. The van der Waals surface area contributed by atoms with Gasteiger partial charge in [0.25, 0.3) is 0 Å². The number of nitrogens with zero attached hydrogens (tertiary/aromatic N) is 1. The summed E-state index contributed by atoms with van der Waals surface area (Å²) in [6.45, 7) is 2.23. The van der Waals surface area contributed by atoms with Gasteiger partial charge in [-0.05, 0) is 32.1 Å². The molecule has 0 saturated carbocycles. The van der Waals surface area contributed by atoms with Crippen molar-refractivity contribution in [3.05, 3.63) is 24.3 Å². The van der Waals surface area contributed by atoms with Crippen LogP contribution in [0.4, 0.5) is 0 Å². The summed E-state index contributed by atoms with van der Waals surface area (Å²) >= 11 is 0. The van der Waals surface area contributed by atoms with Gasteiger partial charge in [0.1, 0.15) is 0 Å². The van der Waals surface area contributed by atoms with Crippen LogP contribution in [0.5, 0.6) is 11.8 Å². The third-order valence-corrected chi connectivity index (χ3v) is 5.06. The second-order valence-electron chi connectivity index (χ2n) is 7.53. The number of carbonyl (C=O) groups is 1. The first kappa shape index (κ1) is 22.3. The first-order chi connectivity index (χ1) is 13.6. The minimum Gasteiger partial charge on any atom is -0.492 e. The molecule has 0 radical (unpaired) electrons. The van der Waals surface area contributed by atoms with Gasteiger partial charge in [-0.2, -0.15) is 0 Å². The van der Waals surface area contributed by atoms with Crippen LogP contribution in [-0.2, 0) is 9.53 Å². The monoisotopic (exact) mass is 393 g/mol. The van der Waals surface area contributed by atoms with E-state index >= 15 is 0 Å². The van der Waals surface area contributed by atoms with E-state index in [4.69, 9.17) is 9.57 Å². The average Bonchev–Trinajstić information content (AvgIpc) is 3.36. The summed E-state index contributed by atoms with van der Waals surface area (Å²) in [6.07, 6.45) is 18.1. The third kappa shape index (κ3) is 8.38. The molecule has 0 spiro atoms. The predicted molar refractivity (Wildman–Crippen MR) is 108 cm³/mol. The molecule has 1 aromatic heterocycles. The number of aromatic hydroxyl groups is 2. The number of rotatable bonds is 15. The highest BCUT2D eigenvalue weighted by Gasteiger charge is 2.36. The molecule has 28 heavy (non-hydrogen) atoms. The molecule has 2 N–H and O–H groups in total. The highest BCUT2D eigenvalue weighted by Crippen LogP contribution is 2.30. The van der Waals surface area contributed by atoms with Crippen LogP contribution in [0.25, 0.3) is 0 Å². The Morgan fingerprint density at radius 1 is 1.04 bits per heavy atom. The Morgan fingerprint density at radius 2 is 1.75 bits per heavy atom. The van der Waals surface area contributed by atoms with Gasteiger partial charge in [0.15, 0.2) is 0 Å². The minimum absolute atomic E-state index is 0.276. The maximum atomic E-state index is 11.7. The van der Waals surface area contributed by atoms with Crippen LogP contribution in [0.15, 0.2) is 24.3 Å². The molecule has 1 aromatic rings. The Bertz CT molecular complexity index is 591. The molecule has 1 saturated heterocycles. The van der Waals surface area contributed by atoms with Gasteiger partial charge in [-0.25, -0.2) is 4.79 Å². The van der Waals surface area contributed by atoms with Crippen LogP contribution in [0.2, 0.25) is 0 Å². The van der Waals surface area contributed by atoms with Crippen molar-refractivity contribution < 1.29 is 24.6 Å². The van der Waals surface area contributed by atoms with Crippen molar-refractivity contribution in [2.45, 2.75) is 96.2 Å². The number of hydrogen-bond donors (Lipinski definition) is 2. The van der Waals surface area contributed by atoms with Crippen molar-refractivity contribution in [2.75, 3.05) is 0 Å². The fourth-order valence-electron chi connectivity index (χ4n) is 3.29. The smallest absolute Gasteiger partial charge is 0.333 e. The lowest BCUT2D eigenvalue weighted by molar-refractivity contribution is -0.145. The molecule has 1 aliphatic rings. The summed E-state index contributed by atoms with van der Waals surface area (Å²) in [5, 5.41) is 18.8. The molecule has 0 bridgehead atoms. The lowest BCUT2D eigenvalue weighted by Crippen LogP contribution is -2.18. The van der Waals surface area contributed by atoms with Gasteiger partial charge in [-0.1, -0.05) is 57.6 Å². The first-order valence-electron chi connectivity index (χ1n) is 10.7. The van der Waals surface area contributed by atoms with E-state index in [-0.39, 0.29) is 18.2 Å². The molecule has 0 unspecified atom stereocenters. The zero-order valence-corrected chi connectivity index (χ0v) is 17.0. The second kappa shape index (κ2) is 12.5. The van der Waals surface area contributed by atoms with Crippen molar-refractivity contribution in [1.29, 1.82) is 0 Å². The van der Waals surface area contributed by atoms with E-state index in [9.17, 15) is 15.0 Å². The minimum atomic E-state index is -0.458. The molecule has 1 fully saturated rings. The van der Waals surface area contributed by atoms with Crippen molar-refractivity contribution in [3.8, 4) is 11.8 Å². The molecular weight excluding hydrogens is 358 g/mol. The summed E-state index contributed by atoms with van der Waals surface area (Å²) in [6, 6.07) is 2.53. The summed E-state index contributed by atoms with van der Waals surface area (Å²) < 4.78 is 6.41. The maximum Gasteiger partial charge on any atom is 0.333 e. The lowest BCUT2D eigenvalue weighted by atomic mass is 10.1. The van der Waals surface area contributed by atoms with Gasteiger partial charge < -0.3 is 19.8 Å². The highest BCUT2D eigenvalue weighted by atomic mass is 16.7. The number of aromatic nitrogens is 1. The van der Waals surface area contributed by atoms with Gasteiger partial charge in [0, 0.05) is 18.6 Å². The predicted octanol–water partition coefficient (Wildman–Crippen LogP) is 4.88. The molecule has 158 valence electrons. The molecule has 2 heterocycles. The van der Waals surface area contributed by atoms with Crippen LogP contribution in [0.1, 0.15) is 84.0 Å². The van der Waals surface area contributed by atoms with E-state index < -0.39 is 5.97 Å². The molecule has 1 aliphatic heterocycles. The summed E-state index contributed by atoms with van der Waals surface area (Å²) in [5.74, 6) is -1.04. The quantitative estimate of drug-likeness (QED) is 0.252. The number of allylic oxidation sites excluding steroid dienone is 1. The van der Waals surface area contributed by atoms with Gasteiger partial charge in [-0.15, -0.1) is 4.73 Å². The Kier molecular flexibility index (Phi) is 9.97. The second-order valence-corrected chi connectivity index (χ2v) is 7.53. The SMILES string of the molecule is CCCCC[C@H]1O[C@H]1CC=CCCCCCCCC(=O)On1c(O)ccc1O. The molecule has 0 aromatic carbocycles. The maximum absolute atomic E-state index is 11.7. The van der Waals surface area contributed by atoms with Crippen LogP contribution in [-0.4, -0.2) is 33.1 Å². The Balaban J connectivity index is 1.38. The molecule has 2 rings (SSSR count). The summed E-state index contributed by atoms with van der Waals surface area (Å²) in [4.78, 5) is 16.6. The van der Waals surface area contributed by atoms with Crippen LogP contribution >= 0.6 is 0 Å². The van der Waals surface area contributed by atoms with E-state index in [1.807, 2.05) is 0 Å². The highest BCUT2D eigenvalue weighted by molar-refractivity contribution is 5.69. The van der Waals surface area contributed by atoms with Crippen molar-refractivity contribution >= 4 is 5.97 Å². The summed E-state index contributed by atoms with van der Waals surface area (Å²) in [7, 11) is 0. The van der Waals surface area contributed by atoms with Gasteiger partial charge in [0.2, 0.25) is 11.8 Å². The zero-order chi connectivity index (χ0) is 20.2. The van der Waals surface area contributed by atoms with E-state index in [2.05, 4.69) is 19.1 Å². The standard InChI is InChI=1S/C22H35NO5/c1-2-3-10-13-18-19(27-18)14-11-8-6-4-5-7-9-12-15-22(26)28-23-20(24)16-17-21(23)25/h8,11,16-19,24-25H,2-7,9-10,12-15H2,1H3/t18-,19+/m1/s1. The van der Waals surface area contributed by atoms with Gasteiger partial charge >= 0.3 is 5.97 Å². The zero-order valence-electron chi connectivity index (χ0n) is 17.0. The molecule has 6 heteroatoms. The largest absolute Gasteiger partial charge is 0.492 e. The van der Waals surface area contributed by atoms with Crippen LogP contribution in [0.3, 0.4) is 0 Å². The Hall–Kier alpha value is -1.95. The van der Waals surface area contributed by atoms with Crippen molar-refractivity contribution in [3.63, 3.8) is 0 Å². The molecule has 0 amide bonds. The van der Waals surface area contributed by atoms with Crippen molar-refractivity contribution in [2.24, 2.45) is 0 Å². The average molecular weight is 394 g/mol. The van der Waals surface area contributed by atoms with E-state index in [1.165, 1.54) is 37.8 Å². The molecular formula is C22H35NO5. The number of hydrogen-bond acceptors (Lipinski definition) is 5. The van der Waals surface area contributed by atoms with E-state index in [0.29, 0.717) is 12.2 Å². The topological polar surface area (TPSA) is 84.2 Å². The lowest BCUT2D eigenvalue weighted by Gasteiger charge is -2.06. The molecule has 2 atom stereocenters. The Labute approximate surface area is 168 Å². The fourth-order valence-corrected chi connectivity index (χ4v) is 3.29. The van der Waals surface area contributed by atoms with Crippen LogP contribution < -0.4 is 4.84 Å². The number of epoxide rings is 1. The molecule has 6 nitrogen and oxygen atoms in total. The van der Waals surface area contributed by atoms with Crippen molar-refractivity contribution in [1.82, 2.24) is 4.73 Å². The fraction of sp³-hybridized carbons (Fsp3) is 0.682. The van der Waals surface area contributed by atoms with Crippen LogP contribution in [0, 0.1) is 0 Å². The van der Waals surface area contributed by atoms with E-state index in [0.717, 1.165) is 49.7 Å². The number of ether oxygens (including phenoxy) is 1. The van der Waals surface area contributed by atoms with Gasteiger partial charge in [0.05, 0.1) is 12.2 Å². The first-order valence-corrected chi connectivity index (χ1v) is 10.7. The third-order valence-electron chi connectivity index (χ3n) is 5.06.